The lowest BCUT2D eigenvalue weighted by molar-refractivity contribution is -0.137. The third-order valence-corrected chi connectivity index (χ3v) is 9.91. The fourth-order valence-corrected chi connectivity index (χ4v) is 7.13. The molecule has 12 heteroatoms. The predicted octanol–water partition coefficient (Wildman–Crippen LogP) is 5.58. The number of aromatic nitrogens is 4. The number of benzene rings is 2. The molecule has 0 bridgehead atoms. The van der Waals surface area contributed by atoms with Crippen LogP contribution in [-0.4, -0.2) is 63.3 Å². The number of hydrogen-bond donors (Lipinski definition) is 4. The molecule has 4 N–H and O–H groups in total. The molecule has 0 radical (unpaired) electrons. The smallest absolute Gasteiger partial charge is 0.270 e. The van der Waals surface area contributed by atoms with E-state index in [9.17, 15) is 14.4 Å². The molecule has 5 rings (SSSR count). The summed E-state index contributed by atoms with van der Waals surface area (Å²) in [5, 5.41) is 14.0. The Bertz CT molecular complexity index is 1800. The third kappa shape index (κ3) is 7.52. The van der Waals surface area contributed by atoms with Gasteiger partial charge in [0.2, 0.25) is 11.8 Å². The van der Waals surface area contributed by atoms with Crippen LogP contribution in [0.4, 0.5) is 0 Å². The maximum atomic E-state index is 14.3. The second kappa shape index (κ2) is 14.7. The number of nitrogens with one attached hydrogen (secondary N) is 4. The lowest BCUT2D eigenvalue weighted by Crippen LogP contribution is -2.58. The molecule has 3 atom stereocenters. The summed E-state index contributed by atoms with van der Waals surface area (Å²) in [6.07, 6.45) is 2.51. The van der Waals surface area contributed by atoms with Gasteiger partial charge in [-0.3, -0.25) is 19.1 Å². The maximum absolute atomic E-state index is 14.3. The lowest BCUT2D eigenvalue weighted by atomic mass is 9.72. The van der Waals surface area contributed by atoms with Gasteiger partial charge in [-0.2, -0.15) is 5.10 Å². The van der Waals surface area contributed by atoms with E-state index in [2.05, 4.69) is 39.9 Å². The third-order valence-electron chi connectivity index (χ3n) is 9.56. The van der Waals surface area contributed by atoms with Crippen LogP contribution in [0.25, 0.3) is 11.0 Å². The van der Waals surface area contributed by atoms with Crippen LogP contribution in [-0.2, 0) is 26.8 Å². The van der Waals surface area contributed by atoms with Crippen LogP contribution in [0.1, 0.15) is 93.8 Å². The Balaban J connectivity index is 1.57. The average molecular weight is 690 g/mol. The van der Waals surface area contributed by atoms with Gasteiger partial charge in [0.05, 0.1) is 22.5 Å². The average Bonchev–Trinajstić information content (AvgIpc) is 3.69. The van der Waals surface area contributed by atoms with Crippen LogP contribution in [0.3, 0.4) is 0 Å². The molecule has 1 aliphatic rings. The summed E-state index contributed by atoms with van der Waals surface area (Å²) in [5.74, 6) is -0.312. The molecule has 2 aromatic heterocycles. The maximum Gasteiger partial charge on any atom is 0.270 e. The van der Waals surface area contributed by atoms with Gasteiger partial charge >= 0.3 is 0 Å². The van der Waals surface area contributed by atoms with Crippen LogP contribution in [0.15, 0.2) is 54.7 Å². The highest BCUT2D eigenvalue weighted by atomic mass is 35.5. The van der Waals surface area contributed by atoms with Crippen molar-refractivity contribution >= 4 is 40.4 Å². The lowest BCUT2D eigenvalue weighted by Gasteiger charge is -2.39. The number of nitrogens with zero attached hydrogens (tertiary/aromatic N) is 3. The van der Waals surface area contributed by atoms with Crippen molar-refractivity contribution in [3.8, 4) is 0 Å². The fraction of sp³-hybridized carbons (Fsp3) is 0.486. The van der Waals surface area contributed by atoms with E-state index in [1.54, 1.807) is 19.3 Å². The number of aromatic amines is 1. The number of carbonyl (C=O) groups is 3. The van der Waals surface area contributed by atoms with E-state index in [0.717, 1.165) is 16.6 Å². The van der Waals surface area contributed by atoms with Crippen LogP contribution in [0.2, 0.25) is 5.02 Å². The number of aryl methyl sites for hydroxylation is 1. The Labute approximate surface area is 292 Å². The van der Waals surface area contributed by atoms with Gasteiger partial charge in [0.25, 0.3) is 5.91 Å². The van der Waals surface area contributed by atoms with Crippen molar-refractivity contribution in [3.05, 3.63) is 82.4 Å². The number of imidazole rings is 1. The molecule has 3 heterocycles. The van der Waals surface area contributed by atoms with Gasteiger partial charge in [-0.05, 0) is 66.5 Å². The topological polar surface area (TPSA) is 143 Å². The van der Waals surface area contributed by atoms with Gasteiger partial charge in [-0.25, -0.2) is 4.98 Å². The Morgan fingerprint density at radius 2 is 1.78 bits per heavy atom. The molecule has 0 spiro atoms. The number of fused-ring (bicyclic) bond motifs is 1. The standard InChI is InChI=1S/C37H48ClN7O4/c1-8-39-34(47)31(36(4,5)6)44-35(48)37(16-19-49-20-17-37)23-13-14-26-27(21-23)42-32(41-26)30(43-33(46)28-15-18-40-45(28)7)29(22(2)3)24-11-9-10-12-25(24)38/h9-15,18,21-22,29-31H,8,16-17,19-20H2,1-7H3,(H,39,47)(H,41,42)(H,43,46)(H,44,48)/t29-,30-,31-/m0/s1. The normalized spacial score (nSPS) is 16.6. The van der Waals surface area contributed by atoms with Crippen molar-refractivity contribution in [2.24, 2.45) is 18.4 Å². The molecule has 2 aromatic carbocycles. The zero-order chi connectivity index (χ0) is 35.5. The quantitative estimate of drug-likeness (QED) is 0.162. The van der Waals surface area contributed by atoms with Crippen LogP contribution < -0.4 is 16.0 Å². The second-order valence-electron chi connectivity index (χ2n) is 14.3. The highest BCUT2D eigenvalue weighted by Gasteiger charge is 2.45. The summed E-state index contributed by atoms with van der Waals surface area (Å²) < 4.78 is 7.25. The molecule has 11 nitrogen and oxygen atoms in total. The van der Waals surface area contributed by atoms with E-state index in [0.29, 0.717) is 54.7 Å². The molecule has 0 saturated carbocycles. The minimum Gasteiger partial charge on any atom is -0.381 e. The van der Waals surface area contributed by atoms with Crippen molar-refractivity contribution in [3.63, 3.8) is 0 Å². The van der Waals surface area contributed by atoms with Gasteiger partial charge in [-0.1, -0.05) is 70.5 Å². The SMILES string of the molecule is CCNC(=O)[C@H](NC(=O)C1(c2ccc3nc([C@@H](NC(=O)c4ccnn4C)[C@H](c4ccccc4Cl)C(C)C)[nH]c3c2)CCOCC1)C(C)(C)C. The Morgan fingerprint density at radius 3 is 2.39 bits per heavy atom. The molecule has 3 amide bonds. The van der Waals surface area contributed by atoms with Crippen LogP contribution >= 0.6 is 11.6 Å². The van der Waals surface area contributed by atoms with E-state index in [1.807, 2.05) is 70.2 Å². The van der Waals surface area contributed by atoms with Gasteiger partial charge in [0.1, 0.15) is 17.6 Å². The number of likely N-dealkylation sites (N-methyl/N-ethyl adjacent to an activating group) is 1. The summed E-state index contributed by atoms with van der Waals surface area (Å²) in [7, 11) is 1.73. The fourth-order valence-electron chi connectivity index (χ4n) is 6.87. The first-order chi connectivity index (χ1) is 23.3. The Morgan fingerprint density at radius 1 is 1.06 bits per heavy atom. The molecule has 1 saturated heterocycles. The number of rotatable bonds is 11. The largest absolute Gasteiger partial charge is 0.381 e. The monoisotopic (exact) mass is 689 g/mol. The molecule has 0 aliphatic carbocycles. The van der Waals surface area contributed by atoms with Gasteiger partial charge < -0.3 is 25.7 Å². The van der Waals surface area contributed by atoms with E-state index in [1.165, 1.54) is 4.68 Å². The molecular weight excluding hydrogens is 642 g/mol. The number of amides is 3. The summed E-state index contributed by atoms with van der Waals surface area (Å²) in [4.78, 5) is 49.5. The predicted molar refractivity (Wildman–Crippen MR) is 190 cm³/mol. The molecule has 262 valence electrons. The van der Waals surface area contributed by atoms with E-state index in [-0.39, 0.29) is 29.6 Å². The van der Waals surface area contributed by atoms with Crippen molar-refractivity contribution in [2.75, 3.05) is 19.8 Å². The summed E-state index contributed by atoms with van der Waals surface area (Å²) >= 11 is 6.76. The first-order valence-corrected chi connectivity index (χ1v) is 17.3. The van der Waals surface area contributed by atoms with Crippen molar-refractivity contribution in [2.45, 2.75) is 77.8 Å². The zero-order valence-corrected chi connectivity index (χ0v) is 30.1. The van der Waals surface area contributed by atoms with Crippen molar-refractivity contribution in [1.82, 2.24) is 35.7 Å². The Kier molecular flexibility index (Phi) is 10.8. The van der Waals surface area contributed by atoms with Crippen molar-refractivity contribution in [1.29, 1.82) is 0 Å². The van der Waals surface area contributed by atoms with Gasteiger partial charge in [0.15, 0.2) is 0 Å². The van der Waals surface area contributed by atoms with E-state index in [4.69, 9.17) is 21.3 Å². The number of hydrogen-bond acceptors (Lipinski definition) is 6. The highest BCUT2D eigenvalue weighted by molar-refractivity contribution is 6.31. The van der Waals surface area contributed by atoms with Crippen LogP contribution in [0.5, 0.6) is 0 Å². The Hall–Kier alpha value is -4.22. The summed E-state index contributed by atoms with van der Waals surface area (Å²) in [5.41, 5.74) is 2.11. The summed E-state index contributed by atoms with van der Waals surface area (Å²) in [6.45, 7) is 13.2. The molecular formula is C37H48ClN7O4. The number of H-pyrrole nitrogens is 1. The zero-order valence-electron chi connectivity index (χ0n) is 29.4. The number of carbonyl (C=O) groups excluding carboxylic acids is 3. The minimum atomic E-state index is -0.918. The summed E-state index contributed by atoms with van der Waals surface area (Å²) in [6, 6.07) is 13.8. The number of halogens is 1. The van der Waals surface area contributed by atoms with Crippen LogP contribution in [0, 0.1) is 11.3 Å². The molecule has 1 fully saturated rings. The van der Waals surface area contributed by atoms with Crippen molar-refractivity contribution < 1.29 is 19.1 Å². The van der Waals surface area contributed by atoms with E-state index < -0.39 is 22.9 Å². The minimum absolute atomic E-state index is 0.0652. The molecule has 0 unspecified atom stereocenters. The number of ether oxygens (including phenoxy) is 1. The van der Waals surface area contributed by atoms with Gasteiger partial charge in [0, 0.05) is 43.9 Å². The van der Waals surface area contributed by atoms with E-state index >= 15 is 0 Å². The van der Waals surface area contributed by atoms with Gasteiger partial charge in [-0.15, -0.1) is 0 Å². The first kappa shape index (κ1) is 36.1. The molecule has 49 heavy (non-hydrogen) atoms. The second-order valence-corrected chi connectivity index (χ2v) is 14.7. The molecule has 4 aromatic rings. The first-order valence-electron chi connectivity index (χ1n) is 17.0. The molecule has 1 aliphatic heterocycles. The highest BCUT2D eigenvalue weighted by Crippen LogP contribution is 2.41.